The molecule has 0 unspecified atom stereocenters. The van der Waals surface area contributed by atoms with Crippen molar-refractivity contribution in [1.29, 1.82) is 0 Å². The highest BCUT2D eigenvalue weighted by molar-refractivity contribution is 5.82. The molecule has 21 heavy (non-hydrogen) atoms. The van der Waals surface area contributed by atoms with Gasteiger partial charge in [0.25, 0.3) is 0 Å². The average Bonchev–Trinajstić information content (AvgIpc) is 2.74. The van der Waals surface area contributed by atoms with Crippen LogP contribution < -0.4 is 5.32 Å². The van der Waals surface area contributed by atoms with E-state index in [-0.39, 0.29) is 6.03 Å². The lowest BCUT2D eigenvalue weighted by Gasteiger charge is -2.30. The van der Waals surface area contributed by atoms with Crippen molar-refractivity contribution in [2.45, 2.75) is 39.7 Å². The Bertz CT molecular complexity index is 668. The summed E-state index contributed by atoms with van der Waals surface area (Å²) in [6.45, 7) is 8.91. The monoisotopic (exact) mass is 285 g/mol. The standard InChI is InChI=1S/C17H23N3O/c1-11(2)15-9-16-13(7-12(15)3)8-14(19-16)10-18-17(21)20-5-4-6-20/h7-9,11,19H,4-6,10H2,1-3H3,(H,18,21). The third-order valence-electron chi connectivity index (χ3n) is 4.26. The predicted octanol–water partition coefficient (Wildman–Crippen LogP) is 3.52. The maximum Gasteiger partial charge on any atom is 0.317 e. The van der Waals surface area contributed by atoms with E-state index in [1.54, 1.807) is 0 Å². The molecule has 4 heteroatoms. The number of rotatable bonds is 3. The highest BCUT2D eigenvalue weighted by Gasteiger charge is 2.19. The fraction of sp³-hybridized carbons (Fsp3) is 0.471. The number of nitrogens with one attached hydrogen (secondary N) is 2. The molecular weight excluding hydrogens is 262 g/mol. The first-order valence-corrected chi connectivity index (χ1v) is 7.69. The second kappa shape index (κ2) is 5.43. The third kappa shape index (κ3) is 2.75. The minimum Gasteiger partial charge on any atom is -0.357 e. The van der Waals surface area contributed by atoms with Crippen LogP contribution in [0.4, 0.5) is 4.79 Å². The molecule has 0 bridgehead atoms. The molecule has 0 radical (unpaired) electrons. The van der Waals surface area contributed by atoms with Gasteiger partial charge in [0.15, 0.2) is 0 Å². The SMILES string of the molecule is Cc1cc2cc(CNC(=O)N3CCC3)[nH]c2cc1C(C)C. The average molecular weight is 285 g/mol. The van der Waals surface area contributed by atoms with E-state index < -0.39 is 0 Å². The van der Waals surface area contributed by atoms with Crippen LogP contribution in [0.3, 0.4) is 0 Å². The van der Waals surface area contributed by atoms with E-state index in [1.165, 1.54) is 16.5 Å². The van der Waals surface area contributed by atoms with Gasteiger partial charge in [0.05, 0.1) is 6.54 Å². The van der Waals surface area contributed by atoms with Crippen LogP contribution in [0.2, 0.25) is 0 Å². The van der Waals surface area contributed by atoms with E-state index in [0.29, 0.717) is 12.5 Å². The molecule has 1 saturated heterocycles. The van der Waals surface area contributed by atoms with Crippen molar-refractivity contribution >= 4 is 16.9 Å². The van der Waals surface area contributed by atoms with Gasteiger partial charge in [-0.05, 0) is 54.0 Å². The zero-order valence-corrected chi connectivity index (χ0v) is 13.0. The maximum atomic E-state index is 11.8. The molecule has 1 aromatic carbocycles. The number of benzene rings is 1. The molecule has 1 fully saturated rings. The van der Waals surface area contributed by atoms with Crippen LogP contribution in [-0.2, 0) is 6.54 Å². The summed E-state index contributed by atoms with van der Waals surface area (Å²) < 4.78 is 0. The Morgan fingerprint density at radius 3 is 2.71 bits per heavy atom. The first-order chi connectivity index (χ1) is 10.0. The molecule has 1 aliphatic rings. The Labute approximate surface area is 125 Å². The number of nitrogens with zero attached hydrogens (tertiary/aromatic N) is 1. The number of hydrogen-bond acceptors (Lipinski definition) is 1. The summed E-state index contributed by atoms with van der Waals surface area (Å²) in [5.74, 6) is 0.521. The number of carbonyl (C=O) groups excluding carboxylic acids is 1. The van der Waals surface area contributed by atoms with Gasteiger partial charge in [-0.2, -0.15) is 0 Å². The van der Waals surface area contributed by atoms with Crippen molar-refractivity contribution in [1.82, 2.24) is 15.2 Å². The summed E-state index contributed by atoms with van der Waals surface area (Å²) in [5, 5.41) is 4.18. The molecule has 2 aromatic rings. The molecule has 1 aromatic heterocycles. The van der Waals surface area contributed by atoms with Crippen molar-refractivity contribution < 1.29 is 4.79 Å². The number of aromatic amines is 1. The molecule has 112 valence electrons. The molecule has 3 rings (SSSR count). The molecule has 0 saturated carbocycles. The lowest BCUT2D eigenvalue weighted by Crippen LogP contribution is -2.47. The first-order valence-electron chi connectivity index (χ1n) is 7.69. The number of hydrogen-bond donors (Lipinski definition) is 2. The Hall–Kier alpha value is -1.97. The number of fused-ring (bicyclic) bond motifs is 1. The summed E-state index contributed by atoms with van der Waals surface area (Å²) in [7, 11) is 0. The quantitative estimate of drug-likeness (QED) is 0.890. The number of likely N-dealkylation sites (tertiary alicyclic amines) is 1. The van der Waals surface area contributed by atoms with Crippen LogP contribution in [-0.4, -0.2) is 29.0 Å². The minimum absolute atomic E-state index is 0.0407. The van der Waals surface area contributed by atoms with Crippen LogP contribution in [0, 0.1) is 6.92 Å². The zero-order chi connectivity index (χ0) is 15.0. The number of aromatic nitrogens is 1. The van der Waals surface area contributed by atoms with Gasteiger partial charge in [-0.1, -0.05) is 13.8 Å². The van der Waals surface area contributed by atoms with Gasteiger partial charge in [-0.15, -0.1) is 0 Å². The van der Waals surface area contributed by atoms with Crippen LogP contribution in [0.5, 0.6) is 0 Å². The largest absolute Gasteiger partial charge is 0.357 e. The molecule has 4 nitrogen and oxygen atoms in total. The van der Waals surface area contributed by atoms with Crippen LogP contribution >= 0.6 is 0 Å². The molecule has 2 N–H and O–H groups in total. The molecule has 2 heterocycles. The molecule has 1 aliphatic heterocycles. The molecule has 0 atom stereocenters. The summed E-state index contributed by atoms with van der Waals surface area (Å²) >= 11 is 0. The topological polar surface area (TPSA) is 48.1 Å². The first kappa shape index (κ1) is 14.0. The third-order valence-corrected chi connectivity index (χ3v) is 4.26. The van der Waals surface area contributed by atoms with Gasteiger partial charge >= 0.3 is 6.03 Å². The Balaban J connectivity index is 1.75. The highest BCUT2D eigenvalue weighted by atomic mass is 16.2. The zero-order valence-electron chi connectivity index (χ0n) is 13.0. The predicted molar refractivity (Wildman–Crippen MR) is 85.6 cm³/mol. The van der Waals surface area contributed by atoms with Crippen LogP contribution in [0.15, 0.2) is 18.2 Å². The number of amides is 2. The van der Waals surface area contributed by atoms with E-state index in [0.717, 1.165) is 30.7 Å². The van der Waals surface area contributed by atoms with Crippen LogP contribution in [0.25, 0.3) is 10.9 Å². The van der Waals surface area contributed by atoms with Crippen LogP contribution in [0.1, 0.15) is 43.0 Å². The number of H-pyrrole nitrogens is 1. The maximum absolute atomic E-state index is 11.8. The molecule has 0 aliphatic carbocycles. The van der Waals surface area contributed by atoms with E-state index in [4.69, 9.17) is 0 Å². The smallest absolute Gasteiger partial charge is 0.317 e. The Kier molecular flexibility index (Phi) is 3.62. The van der Waals surface area contributed by atoms with Crippen molar-refractivity contribution in [2.75, 3.05) is 13.1 Å². The summed E-state index contributed by atoms with van der Waals surface area (Å²) in [5.41, 5.74) is 4.91. The van der Waals surface area contributed by atoms with E-state index in [1.807, 2.05) is 4.90 Å². The lowest BCUT2D eigenvalue weighted by molar-refractivity contribution is 0.167. The van der Waals surface area contributed by atoms with Gasteiger partial charge < -0.3 is 15.2 Å². The van der Waals surface area contributed by atoms with Gasteiger partial charge in [0.2, 0.25) is 0 Å². The number of urea groups is 1. The Morgan fingerprint density at radius 1 is 1.33 bits per heavy atom. The number of carbonyl (C=O) groups is 1. The van der Waals surface area contributed by atoms with Crippen molar-refractivity contribution in [3.8, 4) is 0 Å². The van der Waals surface area contributed by atoms with Crippen molar-refractivity contribution in [2.24, 2.45) is 0 Å². The summed E-state index contributed by atoms with van der Waals surface area (Å²) in [6.07, 6.45) is 1.12. The normalized spacial score (nSPS) is 14.6. The van der Waals surface area contributed by atoms with Crippen molar-refractivity contribution in [3.05, 3.63) is 35.0 Å². The van der Waals surface area contributed by atoms with E-state index in [9.17, 15) is 4.79 Å². The minimum atomic E-state index is 0.0407. The van der Waals surface area contributed by atoms with Gasteiger partial charge in [0, 0.05) is 24.3 Å². The number of aryl methyl sites for hydroxylation is 1. The van der Waals surface area contributed by atoms with E-state index in [2.05, 4.69) is 49.3 Å². The second-order valence-corrected chi connectivity index (χ2v) is 6.24. The van der Waals surface area contributed by atoms with Gasteiger partial charge in [-0.25, -0.2) is 4.79 Å². The van der Waals surface area contributed by atoms with Gasteiger partial charge in [0.1, 0.15) is 0 Å². The highest BCUT2D eigenvalue weighted by Crippen LogP contribution is 2.25. The molecular formula is C17H23N3O. The van der Waals surface area contributed by atoms with Gasteiger partial charge in [-0.3, -0.25) is 0 Å². The fourth-order valence-corrected chi connectivity index (χ4v) is 2.89. The second-order valence-electron chi connectivity index (χ2n) is 6.24. The summed E-state index contributed by atoms with van der Waals surface area (Å²) in [4.78, 5) is 17.1. The summed E-state index contributed by atoms with van der Waals surface area (Å²) in [6, 6.07) is 6.62. The van der Waals surface area contributed by atoms with Crippen molar-refractivity contribution in [3.63, 3.8) is 0 Å². The van der Waals surface area contributed by atoms with E-state index >= 15 is 0 Å². The lowest BCUT2D eigenvalue weighted by atomic mass is 9.97. The molecule has 2 amide bonds. The fourth-order valence-electron chi connectivity index (χ4n) is 2.89. The molecule has 0 spiro atoms. The Morgan fingerprint density at radius 2 is 2.10 bits per heavy atom.